The molecule has 0 saturated heterocycles. The molecule has 88 valence electrons. The van der Waals surface area contributed by atoms with Crippen molar-refractivity contribution in [2.75, 3.05) is 7.11 Å². The maximum absolute atomic E-state index is 12.7. The highest BCUT2D eigenvalue weighted by Gasteiger charge is 2.20. The number of rotatable bonds is 3. The second-order valence-electron chi connectivity index (χ2n) is 2.79. The third-order valence-electron chi connectivity index (χ3n) is 1.87. The summed E-state index contributed by atoms with van der Waals surface area (Å²) in [5.74, 6) is -0.801. The molecule has 1 aromatic heterocycles. The number of nitrogens with zero attached hydrogens (tertiary/aromatic N) is 1. The maximum atomic E-state index is 12.7. The molecule has 0 fully saturated rings. The van der Waals surface area contributed by atoms with Crippen LogP contribution in [0.1, 0.15) is 28.0 Å². The first-order valence-electron chi connectivity index (χ1n) is 4.13. The summed E-state index contributed by atoms with van der Waals surface area (Å²) in [6.45, 7) is 0. The van der Waals surface area contributed by atoms with Crippen LogP contribution in [0.2, 0.25) is 5.15 Å². The Morgan fingerprint density at radius 2 is 2.31 bits per heavy atom. The van der Waals surface area contributed by atoms with E-state index in [4.69, 9.17) is 11.6 Å². The Morgan fingerprint density at radius 1 is 1.69 bits per heavy atom. The number of hydrogen-bond donors (Lipinski definition) is 0. The van der Waals surface area contributed by atoms with Crippen molar-refractivity contribution in [3.8, 4) is 0 Å². The molecular weight excluding hydrogens is 307 g/mol. The number of aromatic nitrogens is 1. The molecule has 0 bridgehead atoms. The number of esters is 1. The summed E-state index contributed by atoms with van der Waals surface area (Å²) in [5, 5.41) is 0.00929. The third kappa shape index (κ3) is 2.68. The Balaban J connectivity index is 3.33. The minimum Gasteiger partial charge on any atom is -0.464 e. The highest BCUT2D eigenvalue weighted by molar-refractivity contribution is 9.08. The van der Waals surface area contributed by atoms with Gasteiger partial charge in [0.1, 0.15) is 5.15 Å². The summed E-state index contributed by atoms with van der Waals surface area (Å²) < 4.78 is 29.7. The van der Waals surface area contributed by atoms with Gasteiger partial charge in [-0.25, -0.2) is 18.6 Å². The second-order valence-corrected chi connectivity index (χ2v) is 3.71. The number of hydrogen-bond acceptors (Lipinski definition) is 3. The predicted molar refractivity (Wildman–Crippen MR) is 58.2 cm³/mol. The van der Waals surface area contributed by atoms with Crippen LogP contribution in [0.25, 0.3) is 0 Å². The van der Waals surface area contributed by atoms with Crippen molar-refractivity contribution < 1.29 is 18.3 Å². The van der Waals surface area contributed by atoms with E-state index < -0.39 is 12.4 Å². The Bertz CT molecular complexity index is 415. The number of ether oxygens (including phenoxy) is 1. The van der Waals surface area contributed by atoms with Gasteiger partial charge in [-0.15, -0.1) is 0 Å². The number of methoxy groups -OCH3 is 1. The molecule has 7 heteroatoms. The topological polar surface area (TPSA) is 39.2 Å². The van der Waals surface area contributed by atoms with Crippen molar-refractivity contribution in [3.05, 3.63) is 28.0 Å². The zero-order valence-corrected chi connectivity index (χ0v) is 10.5. The summed E-state index contributed by atoms with van der Waals surface area (Å²) in [4.78, 5) is 14.8. The van der Waals surface area contributed by atoms with Gasteiger partial charge < -0.3 is 4.74 Å². The number of alkyl halides is 3. The van der Waals surface area contributed by atoms with E-state index in [-0.39, 0.29) is 27.3 Å². The fraction of sp³-hybridized carbons (Fsp3) is 0.333. The molecule has 0 spiro atoms. The molecule has 3 nitrogen and oxygen atoms in total. The SMILES string of the molecule is COC(=O)c1cc(C(F)F)c(CBr)c(Cl)n1. The fourth-order valence-electron chi connectivity index (χ4n) is 1.10. The smallest absolute Gasteiger partial charge is 0.356 e. The van der Waals surface area contributed by atoms with Crippen molar-refractivity contribution in [3.63, 3.8) is 0 Å². The van der Waals surface area contributed by atoms with Crippen LogP contribution in [0.5, 0.6) is 0 Å². The normalized spacial score (nSPS) is 10.6. The summed E-state index contributed by atoms with van der Waals surface area (Å²) in [6.07, 6.45) is -2.73. The van der Waals surface area contributed by atoms with Crippen LogP contribution < -0.4 is 0 Å². The minimum atomic E-state index is -2.73. The summed E-state index contributed by atoms with van der Waals surface area (Å²) in [6, 6.07) is 0.985. The average Bonchev–Trinajstić information content (AvgIpc) is 2.26. The first-order chi connectivity index (χ1) is 7.51. The molecular formula is C9H7BrClF2NO2. The molecule has 0 unspecified atom stereocenters. The molecule has 1 heterocycles. The predicted octanol–water partition coefficient (Wildman–Crippen LogP) is 3.35. The monoisotopic (exact) mass is 313 g/mol. The van der Waals surface area contributed by atoms with E-state index in [0.717, 1.165) is 13.2 Å². The van der Waals surface area contributed by atoms with Gasteiger partial charge in [-0.2, -0.15) is 0 Å². The molecule has 0 N–H and O–H groups in total. The van der Waals surface area contributed by atoms with Gasteiger partial charge >= 0.3 is 5.97 Å². The van der Waals surface area contributed by atoms with Crippen molar-refractivity contribution in [2.45, 2.75) is 11.8 Å². The first-order valence-corrected chi connectivity index (χ1v) is 5.63. The van der Waals surface area contributed by atoms with E-state index in [1.54, 1.807) is 0 Å². The van der Waals surface area contributed by atoms with Crippen molar-refractivity contribution in [1.29, 1.82) is 0 Å². The average molecular weight is 315 g/mol. The molecule has 0 radical (unpaired) electrons. The van der Waals surface area contributed by atoms with Gasteiger partial charge in [0.05, 0.1) is 7.11 Å². The second kappa shape index (κ2) is 5.54. The Labute approximate surface area is 104 Å². The van der Waals surface area contributed by atoms with Gasteiger partial charge in [0.15, 0.2) is 5.69 Å². The van der Waals surface area contributed by atoms with Crippen LogP contribution >= 0.6 is 27.5 Å². The number of pyridine rings is 1. The van der Waals surface area contributed by atoms with Crippen LogP contribution in [-0.4, -0.2) is 18.1 Å². The summed E-state index contributed by atoms with van der Waals surface area (Å²) >= 11 is 8.73. The number of carbonyl (C=O) groups excluding carboxylic acids is 1. The van der Waals surface area contributed by atoms with Gasteiger partial charge in [0.25, 0.3) is 6.43 Å². The fourth-order valence-corrected chi connectivity index (χ4v) is 2.11. The minimum absolute atomic E-state index is 0.130. The standard InChI is InChI=1S/C9H7BrClF2NO2/c1-16-9(15)6-2-4(8(12)13)5(3-10)7(11)14-6/h2,8H,3H2,1H3. The molecule has 0 saturated carbocycles. The molecule has 16 heavy (non-hydrogen) atoms. The first kappa shape index (κ1) is 13.3. The van der Waals surface area contributed by atoms with Gasteiger partial charge in [0.2, 0.25) is 0 Å². The molecule has 0 aliphatic carbocycles. The van der Waals surface area contributed by atoms with Crippen LogP contribution in [-0.2, 0) is 10.1 Å². The molecule has 0 aliphatic rings. The van der Waals surface area contributed by atoms with Crippen LogP contribution in [0.3, 0.4) is 0 Å². The molecule has 0 aromatic carbocycles. The van der Waals surface area contributed by atoms with E-state index >= 15 is 0 Å². The highest BCUT2D eigenvalue weighted by atomic mass is 79.9. The molecule has 0 atom stereocenters. The lowest BCUT2D eigenvalue weighted by atomic mass is 10.1. The lowest BCUT2D eigenvalue weighted by molar-refractivity contribution is 0.0593. The van der Waals surface area contributed by atoms with E-state index in [1.807, 2.05) is 0 Å². The van der Waals surface area contributed by atoms with Gasteiger partial charge in [0, 0.05) is 16.5 Å². The number of carbonyl (C=O) groups is 1. The molecule has 1 rings (SSSR count). The third-order valence-corrected chi connectivity index (χ3v) is 2.74. The summed E-state index contributed by atoms with van der Waals surface area (Å²) in [7, 11) is 1.14. The van der Waals surface area contributed by atoms with Crippen LogP contribution in [0, 0.1) is 0 Å². The van der Waals surface area contributed by atoms with E-state index in [1.165, 1.54) is 0 Å². The van der Waals surface area contributed by atoms with Crippen LogP contribution in [0.4, 0.5) is 8.78 Å². The van der Waals surface area contributed by atoms with Crippen molar-refractivity contribution in [1.82, 2.24) is 4.98 Å². The van der Waals surface area contributed by atoms with Crippen LogP contribution in [0.15, 0.2) is 6.07 Å². The molecule has 1 aromatic rings. The zero-order valence-electron chi connectivity index (χ0n) is 8.14. The maximum Gasteiger partial charge on any atom is 0.356 e. The number of halogens is 4. The Kier molecular flexibility index (Phi) is 4.61. The summed E-state index contributed by atoms with van der Waals surface area (Å²) in [5.41, 5.74) is -0.380. The van der Waals surface area contributed by atoms with Crippen molar-refractivity contribution in [2.24, 2.45) is 0 Å². The van der Waals surface area contributed by atoms with E-state index in [0.29, 0.717) is 0 Å². The quantitative estimate of drug-likeness (QED) is 0.488. The Morgan fingerprint density at radius 3 is 2.75 bits per heavy atom. The van der Waals surface area contributed by atoms with Gasteiger partial charge in [-0.3, -0.25) is 0 Å². The molecule has 0 amide bonds. The lowest BCUT2D eigenvalue weighted by Crippen LogP contribution is -2.08. The van der Waals surface area contributed by atoms with E-state index in [9.17, 15) is 13.6 Å². The van der Waals surface area contributed by atoms with Gasteiger partial charge in [-0.1, -0.05) is 27.5 Å². The molecule has 0 aliphatic heterocycles. The zero-order chi connectivity index (χ0) is 12.3. The largest absolute Gasteiger partial charge is 0.464 e. The van der Waals surface area contributed by atoms with Gasteiger partial charge in [-0.05, 0) is 6.07 Å². The highest BCUT2D eigenvalue weighted by Crippen LogP contribution is 2.29. The van der Waals surface area contributed by atoms with Crippen molar-refractivity contribution >= 4 is 33.5 Å². The lowest BCUT2D eigenvalue weighted by Gasteiger charge is -2.09. The van der Waals surface area contributed by atoms with E-state index in [2.05, 4.69) is 25.7 Å². The Hall–Kier alpha value is -0.750.